The number of hydrogen-bond donors (Lipinski definition) is 2. The summed E-state index contributed by atoms with van der Waals surface area (Å²) in [5.41, 5.74) is 1.07. The molecule has 6 heteroatoms. The molecule has 2 atom stereocenters. The van der Waals surface area contributed by atoms with Crippen molar-refractivity contribution < 1.29 is 9.53 Å². The highest BCUT2D eigenvalue weighted by Crippen LogP contribution is 2.37. The van der Waals surface area contributed by atoms with Crippen LogP contribution in [0.3, 0.4) is 0 Å². The molecule has 1 aliphatic rings. The predicted octanol–water partition coefficient (Wildman–Crippen LogP) is 2.13. The molecule has 2 rings (SSSR count). The third-order valence-electron chi connectivity index (χ3n) is 4.36. The van der Waals surface area contributed by atoms with E-state index in [1.807, 2.05) is 31.2 Å². The maximum atomic E-state index is 12.7. The molecule has 0 aromatic heterocycles. The Labute approximate surface area is 149 Å². The Kier molecular flexibility index (Phi) is 6.85. The van der Waals surface area contributed by atoms with Crippen LogP contribution in [0.15, 0.2) is 24.3 Å². The van der Waals surface area contributed by atoms with E-state index in [9.17, 15) is 4.79 Å². The lowest BCUT2D eigenvalue weighted by Crippen LogP contribution is -2.39. The Hall–Kier alpha value is -1.82. The van der Waals surface area contributed by atoms with E-state index in [-0.39, 0.29) is 17.7 Å². The minimum absolute atomic E-state index is 0.0645. The van der Waals surface area contributed by atoms with Crippen LogP contribution >= 0.6 is 12.2 Å². The molecule has 0 saturated carbocycles. The number of carbonyl (C=O) groups is 1. The van der Waals surface area contributed by atoms with Crippen LogP contribution in [0.2, 0.25) is 0 Å². The molecule has 1 fully saturated rings. The average Bonchev–Trinajstić information content (AvgIpc) is 3.05. The van der Waals surface area contributed by atoms with Crippen LogP contribution in [-0.4, -0.2) is 49.2 Å². The molecular formula is C18H27N3O2S. The molecule has 2 N–H and O–H groups in total. The first kappa shape index (κ1) is 18.5. The molecule has 5 nitrogen and oxygen atoms in total. The Bertz CT molecular complexity index is 579. The van der Waals surface area contributed by atoms with Crippen molar-refractivity contribution in [3.63, 3.8) is 0 Å². The summed E-state index contributed by atoms with van der Waals surface area (Å²) in [6, 6.07) is 7.93. The highest BCUT2D eigenvalue weighted by atomic mass is 32.1. The lowest BCUT2D eigenvalue weighted by molar-refractivity contribution is -0.124. The number of thiocarbonyl (C=S) groups is 1. The van der Waals surface area contributed by atoms with E-state index in [0.29, 0.717) is 18.2 Å². The van der Waals surface area contributed by atoms with Gasteiger partial charge in [-0.15, -0.1) is 0 Å². The number of nitrogens with zero attached hydrogens (tertiary/aromatic N) is 1. The van der Waals surface area contributed by atoms with Gasteiger partial charge < -0.3 is 20.3 Å². The van der Waals surface area contributed by atoms with Gasteiger partial charge in [0, 0.05) is 32.1 Å². The summed E-state index contributed by atoms with van der Waals surface area (Å²) in [6.45, 7) is 6.90. The average molecular weight is 350 g/mol. The van der Waals surface area contributed by atoms with Gasteiger partial charge in [0.05, 0.1) is 13.0 Å². The summed E-state index contributed by atoms with van der Waals surface area (Å²) in [6.07, 6.45) is 0.928. The van der Waals surface area contributed by atoms with E-state index in [0.717, 1.165) is 30.8 Å². The zero-order valence-electron chi connectivity index (χ0n) is 14.7. The predicted molar refractivity (Wildman–Crippen MR) is 100 cm³/mol. The molecular weight excluding hydrogens is 322 g/mol. The van der Waals surface area contributed by atoms with E-state index >= 15 is 0 Å². The van der Waals surface area contributed by atoms with Crippen molar-refractivity contribution in [2.24, 2.45) is 5.92 Å². The van der Waals surface area contributed by atoms with E-state index in [1.54, 1.807) is 7.11 Å². The zero-order chi connectivity index (χ0) is 17.5. The van der Waals surface area contributed by atoms with Gasteiger partial charge in [0.25, 0.3) is 0 Å². The van der Waals surface area contributed by atoms with Gasteiger partial charge in [0.2, 0.25) is 5.91 Å². The van der Waals surface area contributed by atoms with Gasteiger partial charge >= 0.3 is 0 Å². The van der Waals surface area contributed by atoms with Crippen LogP contribution in [0.1, 0.15) is 31.7 Å². The molecule has 1 aromatic rings. The number of likely N-dealkylation sites (tertiary alicyclic amines) is 1. The molecule has 1 aromatic carbocycles. The van der Waals surface area contributed by atoms with Crippen LogP contribution in [0.5, 0.6) is 5.75 Å². The van der Waals surface area contributed by atoms with Crippen LogP contribution in [0, 0.1) is 5.92 Å². The van der Waals surface area contributed by atoms with Crippen molar-refractivity contribution >= 4 is 23.2 Å². The van der Waals surface area contributed by atoms with Crippen molar-refractivity contribution in [1.82, 2.24) is 15.5 Å². The number of ether oxygens (including phenoxy) is 1. The van der Waals surface area contributed by atoms with Gasteiger partial charge in [-0.2, -0.15) is 0 Å². The van der Waals surface area contributed by atoms with E-state index in [4.69, 9.17) is 17.0 Å². The summed E-state index contributed by atoms with van der Waals surface area (Å²) < 4.78 is 5.51. The number of methoxy groups -OCH3 is 1. The molecule has 0 spiro atoms. The molecule has 0 unspecified atom stereocenters. The number of rotatable bonds is 6. The van der Waals surface area contributed by atoms with Crippen molar-refractivity contribution in [1.29, 1.82) is 0 Å². The summed E-state index contributed by atoms with van der Waals surface area (Å²) in [5.74, 6) is 0.848. The molecule has 24 heavy (non-hydrogen) atoms. The largest absolute Gasteiger partial charge is 0.496 e. The SMILES string of the molecule is CCCNC(=O)[C@@H]1CN(C(=S)NCC)C[C@@H]1c1ccccc1OC. The van der Waals surface area contributed by atoms with Crippen LogP contribution < -0.4 is 15.4 Å². The Morgan fingerprint density at radius 3 is 2.71 bits per heavy atom. The first-order valence-corrected chi connectivity index (χ1v) is 8.96. The second-order valence-corrected chi connectivity index (χ2v) is 6.37. The minimum Gasteiger partial charge on any atom is -0.496 e. The number of hydrogen-bond acceptors (Lipinski definition) is 3. The topological polar surface area (TPSA) is 53.6 Å². The quantitative estimate of drug-likeness (QED) is 0.771. The van der Waals surface area contributed by atoms with Gasteiger partial charge in [-0.25, -0.2) is 0 Å². The Morgan fingerprint density at radius 1 is 1.29 bits per heavy atom. The Morgan fingerprint density at radius 2 is 2.04 bits per heavy atom. The summed E-state index contributed by atoms with van der Waals surface area (Å²) in [5, 5.41) is 6.93. The summed E-state index contributed by atoms with van der Waals surface area (Å²) in [7, 11) is 1.67. The fourth-order valence-electron chi connectivity index (χ4n) is 3.17. The molecule has 132 valence electrons. The van der Waals surface area contributed by atoms with Crippen LogP contribution in [0.4, 0.5) is 0 Å². The van der Waals surface area contributed by atoms with Crippen molar-refractivity contribution in [3.05, 3.63) is 29.8 Å². The van der Waals surface area contributed by atoms with E-state index < -0.39 is 0 Å². The number of amides is 1. The lowest BCUT2D eigenvalue weighted by Gasteiger charge is -2.20. The number of nitrogens with one attached hydrogen (secondary N) is 2. The molecule has 1 amide bonds. The lowest BCUT2D eigenvalue weighted by atomic mass is 9.87. The summed E-state index contributed by atoms with van der Waals surface area (Å²) in [4.78, 5) is 14.8. The van der Waals surface area contributed by atoms with Gasteiger partial charge in [-0.1, -0.05) is 25.1 Å². The fraction of sp³-hybridized carbons (Fsp3) is 0.556. The van der Waals surface area contributed by atoms with Gasteiger partial charge in [-0.3, -0.25) is 4.79 Å². The highest BCUT2D eigenvalue weighted by molar-refractivity contribution is 7.80. The van der Waals surface area contributed by atoms with Crippen LogP contribution in [-0.2, 0) is 4.79 Å². The van der Waals surface area contributed by atoms with E-state index in [1.165, 1.54) is 0 Å². The molecule has 0 radical (unpaired) electrons. The first-order valence-electron chi connectivity index (χ1n) is 8.55. The van der Waals surface area contributed by atoms with Gasteiger partial charge in [0.15, 0.2) is 5.11 Å². The second-order valence-electron chi connectivity index (χ2n) is 5.99. The van der Waals surface area contributed by atoms with Crippen molar-refractivity contribution in [2.45, 2.75) is 26.2 Å². The molecule has 0 bridgehead atoms. The standard InChI is InChI=1S/C18H27N3O2S/c1-4-10-20-17(22)15-12-21(18(24)19-5-2)11-14(15)13-8-6-7-9-16(13)23-3/h6-9,14-15H,4-5,10-12H2,1-3H3,(H,19,24)(H,20,22)/t14-,15-/m1/s1. The summed E-state index contributed by atoms with van der Waals surface area (Å²) >= 11 is 5.46. The van der Waals surface area contributed by atoms with Gasteiger partial charge in [0.1, 0.15) is 5.75 Å². The normalized spacial score (nSPS) is 19.9. The third kappa shape index (κ3) is 4.17. The number of para-hydroxylation sites is 1. The third-order valence-corrected chi connectivity index (χ3v) is 4.76. The molecule has 0 aliphatic carbocycles. The fourth-order valence-corrected chi connectivity index (χ4v) is 3.46. The van der Waals surface area contributed by atoms with Gasteiger partial charge in [-0.05, 0) is 37.2 Å². The second kappa shape index (κ2) is 8.87. The number of carbonyl (C=O) groups excluding carboxylic acids is 1. The molecule has 1 aliphatic heterocycles. The maximum Gasteiger partial charge on any atom is 0.225 e. The highest BCUT2D eigenvalue weighted by Gasteiger charge is 2.40. The van der Waals surface area contributed by atoms with Crippen LogP contribution in [0.25, 0.3) is 0 Å². The zero-order valence-corrected chi connectivity index (χ0v) is 15.5. The van der Waals surface area contributed by atoms with Crippen molar-refractivity contribution in [3.8, 4) is 5.75 Å². The monoisotopic (exact) mass is 349 g/mol. The molecule has 1 saturated heterocycles. The smallest absolute Gasteiger partial charge is 0.225 e. The molecule has 1 heterocycles. The van der Waals surface area contributed by atoms with E-state index in [2.05, 4.69) is 22.5 Å². The van der Waals surface area contributed by atoms with Crippen molar-refractivity contribution in [2.75, 3.05) is 33.3 Å². The number of benzene rings is 1. The minimum atomic E-state index is -0.135. The maximum absolute atomic E-state index is 12.7. The Balaban J connectivity index is 2.26. The first-order chi connectivity index (χ1) is 11.6.